The van der Waals surface area contributed by atoms with Crippen LogP contribution in [-0.2, 0) is 5.60 Å². The Morgan fingerprint density at radius 3 is 2.43 bits per heavy atom. The molecule has 0 atom stereocenters. The minimum atomic E-state index is -0.847. The number of hydrogen-bond donors (Lipinski definition) is 1. The van der Waals surface area contributed by atoms with Gasteiger partial charge in [0.1, 0.15) is 17.1 Å². The van der Waals surface area contributed by atoms with Gasteiger partial charge in [-0.05, 0) is 51.2 Å². The molecule has 12 heteroatoms. The Kier molecular flexibility index (Phi) is 8.94. The standard InChI is InChI=1S/C25H27Cl2N5O3.2ClH/c1-25(2)21-22(24(33)29-31-11-9-30(3)10-12-31)28-32(19-8-5-15(26)13-18(19)27)23(21)17-7-6-16(34-4)14-20(17)35-25;;/h5-8,13-14H,9-12H2,1-4H3,(H,29,33);2*1H. The molecule has 2 aromatic carbocycles. The largest absolute Gasteiger partial charge is 0.497 e. The third-order valence-corrected chi connectivity index (χ3v) is 6.95. The first-order valence-corrected chi connectivity index (χ1v) is 12.1. The molecule has 3 aromatic rings. The Labute approximate surface area is 238 Å². The lowest BCUT2D eigenvalue weighted by Gasteiger charge is -2.34. The average molecular weight is 589 g/mol. The molecule has 2 aliphatic rings. The summed E-state index contributed by atoms with van der Waals surface area (Å²) in [6, 6.07) is 10.8. The number of hydrogen-bond acceptors (Lipinski definition) is 6. The van der Waals surface area contributed by atoms with Crippen molar-refractivity contribution < 1.29 is 14.3 Å². The number of halogens is 4. The summed E-state index contributed by atoms with van der Waals surface area (Å²) in [6.45, 7) is 7.06. The van der Waals surface area contributed by atoms with Gasteiger partial charge in [-0.15, -0.1) is 24.8 Å². The van der Waals surface area contributed by atoms with E-state index in [-0.39, 0.29) is 36.4 Å². The highest BCUT2D eigenvalue weighted by Gasteiger charge is 2.42. The van der Waals surface area contributed by atoms with E-state index in [1.807, 2.05) is 37.1 Å². The maximum Gasteiger partial charge on any atom is 0.286 e. The summed E-state index contributed by atoms with van der Waals surface area (Å²) in [5.41, 5.74) is 5.31. The molecule has 0 aliphatic carbocycles. The fraction of sp³-hybridized carbons (Fsp3) is 0.360. The summed E-state index contributed by atoms with van der Waals surface area (Å²) in [5, 5.41) is 7.67. The van der Waals surface area contributed by atoms with Crippen LogP contribution >= 0.6 is 48.0 Å². The predicted molar refractivity (Wildman–Crippen MR) is 150 cm³/mol. The van der Waals surface area contributed by atoms with Crippen LogP contribution in [-0.4, -0.2) is 65.9 Å². The number of aromatic nitrogens is 2. The third-order valence-electron chi connectivity index (χ3n) is 6.41. The molecule has 3 heterocycles. The van der Waals surface area contributed by atoms with Crippen LogP contribution < -0.4 is 14.9 Å². The number of hydrazine groups is 1. The maximum absolute atomic E-state index is 13.6. The normalized spacial score (nSPS) is 16.4. The highest BCUT2D eigenvalue weighted by molar-refractivity contribution is 6.35. The summed E-state index contributed by atoms with van der Waals surface area (Å²) in [5.74, 6) is 1.02. The molecule has 1 fully saturated rings. The van der Waals surface area contributed by atoms with Crippen LogP contribution in [0.1, 0.15) is 29.9 Å². The quantitative estimate of drug-likeness (QED) is 0.451. The molecule has 0 unspecified atom stereocenters. The van der Waals surface area contributed by atoms with Crippen molar-refractivity contribution in [2.24, 2.45) is 0 Å². The topological polar surface area (TPSA) is 71.9 Å². The van der Waals surface area contributed by atoms with Gasteiger partial charge in [-0.25, -0.2) is 9.69 Å². The van der Waals surface area contributed by atoms with Gasteiger partial charge in [-0.1, -0.05) is 23.2 Å². The minimum Gasteiger partial charge on any atom is -0.497 e. The Balaban J connectivity index is 0.00000190. The fourth-order valence-corrected chi connectivity index (χ4v) is 5.06. The first-order valence-electron chi connectivity index (χ1n) is 11.4. The second kappa shape index (κ2) is 11.3. The SMILES string of the molecule is COc1ccc2c(c1)OC(C)(C)c1c(C(=O)NN3CCN(C)CC3)nn(-c3ccc(Cl)cc3Cl)c1-2.Cl.Cl. The monoisotopic (exact) mass is 587 g/mol. The van der Waals surface area contributed by atoms with E-state index in [4.69, 9.17) is 37.8 Å². The molecule has 2 aliphatic heterocycles. The zero-order valence-electron chi connectivity index (χ0n) is 20.9. The van der Waals surface area contributed by atoms with Crippen molar-refractivity contribution in [2.45, 2.75) is 19.4 Å². The number of nitrogens with one attached hydrogen (secondary N) is 1. The number of amides is 1. The first kappa shape index (κ1) is 29.4. The van der Waals surface area contributed by atoms with Gasteiger partial charge in [0.05, 0.1) is 29.1 Å². The minimum absolute atomic E-state index is 0. The van der Waals surface area contributed by atoms with Crippen LogP contribution in [0.5, 0.6) is 11.5 Å². The van der Waals surface area contributed by atoms with Crippen LogP contribution in [0.25, 0.3) is 16.9 Å². The van der Waals surface area contributed by atoms with Crippen molar-refractivity contribution in [3.05, 3.63) is 57.7 Å². The molecule has 0 saturated carbocycles. The van der Waals surface area contributed by atoms with E-state index in [1.54, 1.807) is 30.0 Å². The summed E-state index contributed by atoms with van der Waals surface area (Å²) < 4.78 is 13.5. The number of piperazine rings is 1. The Morgan fingerprint density at radius 2 is 1.78 bits per heavy atom. The summed E-state index contributed by atoms with van der Waals surface area (Å²) >= 11 is 12.8. The van der Waals surface area contributed by atoms with Crippen LogP contribution in [0, 0.1) is 0 Å². The van der Waals surface area contributed by atoms with E-state index in [9.17, 15) is 4.79 Å². The molecule has 0 spiro atoms. The zero-order valence-corrected chi connectivity index (χ0v) is 24.0. The Hall–Kier alpha value is -2.20. The molecule has 37 heavy (non-hydrogen) atoms. The number of methoxy groups -OCH3 is 1. The van der Waals surface area contributed by atoms with E-state index in [1.165, 1.54) is 0 Å². The van der Waals surface area contributed by atoms with E-state index in [0.717, 1.165) is 37.4 Å². The number of carbonyl (C=O) groups excluding carboxylic acids is 1. The van der Waals surface area contributed by atoms with E-state index < -0.39 is 5.60 Å². The van der Waals surface area contributed by atoms with Gasteiger partial charge in [0.2, 0.25) is 0 Å². The van der Waals surface area contributed by atoms with Crippen LogP contribution in [0.4, 0.5) is 0 Å². The number of rotatable bonds is 4. The summed E-state index contributed by atoms with van der Waals surface area (Å²) in [7, 11) is 3.68. The van der Waals surface area contributed by atoms with E-state index >= 15 is 0 Å². The molecular weight excluding hydrogens is 560 g/mol. The van der Waals surface area contributed by atoms with Gasteiger partial charge in [0.15, 0.2) is 5.69 Å². The number of carbonyl (C=O) groups is 1. The predicted octanol–water partition coefficient (Wildman–Crippen LogP) is 5.22. The molecule has 200 valence electrons. The van der Waals surface area contributed by atoms with Crippen molar-refractivity contribution in [1.29, 1.82) is 0 Å². The number of likely N-dealkylation sites (N-methyl/N-ethyl adjacent to an activating group) is 1. The van der Waals surface area contributed by atoms with Crippen molar-refractivity contribution >= 4 is 53.9 Å². The van der Waals surface area contributed by atoms with Crippen molar-refractivity contribution in [3.8, 4) is 28.4 Å². The van der Waals surface area contributed by atoms with Crippen LogP contribution in [0.15, 0.2) is 36.4 Å². The number of ether oxygens (including phenoxy) is 2. The van der Waals surface area contributed by atoms with Crippen molar-refractivity contribution in [2.75, 3.05) is 40.3 Å². The Bertz CT molecular complexity index is 1310. The van der Waals surface area contributed by atoms with E-state index in [0.29, 0.717) is 32.8 Å². The van der Waals surface area contributed by atoms with Gasteiger partial charge in [-0.3, -0.25) is 10.2 Å². The highest BCUT2D eigenvalue weighted by atomic mass is 35.5. The fourth-order valence-electron chi connectivity index (χ4n) is 4.57. The highest BCUT2D eigenvalue weighted by Crippen LogP contribution is 2.48. The van der Waals surface area contributed by atoms with Gasteiger partial charge in [0, 0.05) is 42.8 Å². The average Bonchev–Trinajstić information content (AvgIpc) is 3.22. The van der Waals surface area contributed by atoms with Gasteiger partial charge in [0.25, 0.3) is 5.91 Å². The third kappa shape index (κ3) is 5.50. The number of fused-ring (bicyclic) bond motifs is 3. The van der Waals surface area contributed by atoms with Crippen LogP contribution in [0.3, 0.4) is 0 Å². The molecule has 8 nitrogen and oxygen atoms in total. The van der Waals surface area contributed by atoms with Crippen molar-refractivity contribution in [3.63, 3.8) is 0 Å². The molecule has 1 saturated heterocycles. The lowest BCUT2D eigenvalue weighted by atomic mass is 9.88. The first-order chi connectivity index (χ1) is 16.7. The van der Waals surface area contributed by atoms with Gasteiger partial charge in [-0.2, -0.15) is 5.10 Å². The molecule has 5 rings (SSSR count). The second-order valence-corrected chi connectivity index (χ2v) is 10.1. The molecular formula is C25H29Cl4N5O3. The van der Waals surface area contributed by atoms with Gasteiger partial charge < -0.3 is 14.4 Å². The lowest BCUT2D eigenvalue weighted by Crippen LogP contribution is -2.52. The maximum atomic E-state index is 13.6. The smallest absolute Gasteiger partial charge is 0.286 e. The second-order valence-electron chi connectivity index (χ2n) is 9.29. The summed E-state index contributed by atoms with van der Waals surface area (Å²) in [4.78, 5) is 15.8. The van der Waals surface area contributed by atoms with Gasteiger partial charge >= 0.3 is 0 Å². The molecule has 0 bridgehead atoms. The van der Waals surface area contributed by atoms with Crippen LogP contribution in [0.2, 0.25) is 10.0 Å². The number of nitrogens with zero attached hydrogens (tertiary/aromatic N) is 4. The molecule has 1 amide bonds. The molecule has 1 N–H and O–H groups in total. The molecule has 1 aromatic heterocycles. The van der Waals surface area contributed by atoms with Crippen molar-refractivity contribution in [1.82, 2.24) is 25.1 Å². The number of benzene rings is 2. The van der Waals surface area contributed by atoms with E-state index in [2.05, 4.69) is 17.4 Å². The molecule has 0 radical (unpaired) electrons. The zero-order chi connectivity index (χ0) is 24.9. The Morgan fingerprint density at radius 1 is 1.08 bits per heavy atom. The lowest BCUT2D eigenvalue weighted by molar-refractivity contribution is 0.0639. The summed E-state index contributed by atoms with van der Waals surface area (Å²) in [6.07, 6.45) is 0.